The fraction of sp³-hybridized carbons (Fsp3) is 0.429. The first kappa shape index (κ1) is 10.5. The third-order valence-electron chi connectivity index (χ3n) is 1.51. The summed E-state index contributed by atoms with van der Waals surface area (Å²) in [6.07, 6.45) is 0. The molecule has 1 aromatic rings. The van der Waals surface area contributed by atoms with Gasteiger partial charge in [-0.3, -0.25) is 4.79 Å². The molecule has 6 heteroatoms. The summed E-state index contributed by atoms with van der Waals surface area (Å²) < 4.78 is 0.750. The van der Waals surface area contributed by atoms with Crippen LogP contribution in [0.3, 0.4) is 0 Å². The summed E-state index contributed by atoms with van der Waals surface area (Å²) in [4.78, 5) is 15.1. The lowest BCUT2D eigenvalue weighted by Crippen LogP contribution is -2.44. The van der Waals surface area contributed by atoms with Crippen molar-refractivity contribution in [2.45, 2.75) is 19.4 Å². The maximum absolute atomic E-state index is 11.0. The van der Waals surface area contributed by atoms with Gasteiger partial charge in [0.15, 0.2) is 5.13 Å². The van der Waals surface area contributed by atoms with Crippen molar-refractivity contribution < 1.29 is 4.79 Å². The molecule has 0 atom stereocenters. The first-order chi connectivity index (χ1) is 5.92. The Morgan fingerprint density at radius 1 is 1.77 bits per heavy atom. The molecule has 0 fully saturated rings. The molecule has 0 saturated carbocycles. The summed E-state index contributed by atoms with van der Waals surface area (Å²) in [7, 11) is 0. The van der Waals surface area contributed by atoms with Crippen LogP contribution in [-0.2, 0) is 4.79 Å². The number of thiazole rings is 1. The zero-order chi connectivity index (χ0) is 10.1. The minimum absolute atomic E-state index is 0.404. The average molecular weight is 264 g/mol. The molecule has 0 unspecified atom stereocenters. The molecule has 13 heavy (non-hydrogen) atoms. The van der Waals surface area contributed by atoms with Crippen LogP contribution in [0.2, 0.25) is 0 Å². The number of nitrogens with zero attached hydrogens (tertiary/aromatic N) is 1. The Kier molecular flexibility index (Phi) is 2.92. The number of nitrogens with two attached hydrogens (primary N) is 1. The second-order valence-corrected chi connectivity index (χ2v) is 4.76. The van der Waals surface area contributed by atoms with E-state index in [0.717, 1.165) is 4.60 Å². The van der Waals surface area contributed by atoms with Crippen LogP contribution in [0.5, 0.6) is 0 Å². The van der Waals surface area contributed by atoms with Crippen LogP contribution in [0.15, 0.2) is 9.98 Å². The summed E-state index contributed by atoms with van der Waals surface area (Å²) in [6, 6.07) is 0. The van der Waals surface area contributed by atoms with Gasteiger partial charge in [0.2, 0.25) is 5.91 Å². The van der Waals surface area contributed by atoms with Gasteiger partial charge >= 0.3 is 0 Å². The van der Waals surface area contributed by atoms with Crippen LogP contribution in [0.25, 0.3) is 0 Å². The Balaban J connectivity index is 2.74. The molecule has 0 radical (unpaired) electrons. The highest BCUT2D eigenvalue weighted by Crippen LogP contribution is 2.22. The highest BCUT2D eigenvalue weighted by Gasteiger charge is 2.25. The van der Waals surface area contributed by atoms with Crippen LogP contribution < -0.4 is 11.1 Å². The lowest BCUT2D eigenvalue weighted by molar-refractivity contribution is -0.121. The molecule has 0 aliphatic carbocycles. The first-order valence-electron chi connectivity index (χ1n) is 3.61. The number of carbonyl (C=O) groups is 1. The van der Waals surface area contributed by atoms with E-state index in [2.05, 4.69) is 26.2 Å². The average Bonchev–Trinajstić information content (AvgIpc) is 2.34. The number of nitrogens with one attached hydrogen (secondary N) is 1. The van der Waals surface area contributed by atoms with Gasteiger partial charge in [-0.15, -0.1) is 11.3 Å². The van der Waals surface area contributed by atoms with Crippen LogP contribution in [0.1, 0.15) is 13.8 Å². The molecule has 0 aliphatic heterocycles. The van der Waals surface area contributed by atoms with Crippen molar-refractivity contribution in [3.05, 3.63) is 9.98 Å². The van der Waals surface area contributed by atoms with Crippen LogP contribution in [0.4, 0.5) is 5.13 Å². The maximum Gasteiger partial charge on any atom is 0.242 e. The number of primary amides is 1. The fourth-order valence-corrected chi connectivity index (χ4v) is 1.94. The molecule has 1 amide bonds. The maximum atomic E-state index is 11.0. The van der Waals surface area contributed by atoms with Gasteiger partial charge in [-0.2, -0.15) is 0 Å². The molecule has 1 rings (SSSR count). The van der Waals surface area contributed by atoms with Gasteiger partial charge in [0, 0.05) is 5.38 Å². The van der Waals surface area contributed by atoms with Crippen LogP contribution in [-0.4, -0.2) is 16.4 Å². The molecule has 4 nitrogen and oxygen atoms in total. The predicted molar refractivity (Wildman–Crippen MR) is 56.7 cm³/mol. The van der Waals surface area contributed by atoms with Gasteiger partial charge in [-0.1, -0.05) is 0 Å². The molecule has 0 aliphatic rings. The van der Waals surface area contributed by atoms with Crippen LogP contribution >= 0.6 is 27.3 Å². The van der Waals surface area contributed by atoms with E-state index in [-0.39, 0.29) is 0 Å². The van der Waals surface area contributed by atoms with E-state index in [9.17, 15) is 4.79 Å². The molecule has 1 heterocycles. The van der Waals surface area contributed by atoms with Crippen molar-refractivity contribution in [1.82, 2.24) is 4.98 Å². The Morgan fingerprint density at radius 2 is 2.38 bits per heavy atom. The van der Waals surface area contributed by atoms with E-state index in [1.165, 1.54) is 11.3 Å². The van der Waals surface area contributed by atoms with Crippen molar-refractivity contribution in [3.8, 4) is 0 Å². The zero-order valence-electron chi connectivity index (χ0n) is 7.30. The van der Waals surface area contributed by atoms with Crippen LogP contribution in [0, 0.1) is 0 Å². The summed E-state index contributed by atoms with van der Waals surface area (Å²) in [6.45, 7) is 3.43. The Morgan fingerprint density at radius 3 is 2.77 bits per heavy atom. The Bertz CT molecular complexity index is 323. The second kappa shape index (κ2) is 3.63. The molecular formula is C7H10BrN3OS. The lowest BCUT2D eigenvalue weighted by Gasteiger charge is -2.21. The van der Waals surface area contributed by atoms with E-state index in [1.807, 2.05) is 5.38 Å². The van der Waals surface area contributed by atoms with Crippen molar-refractivity contribution in [2.75, 3.05) is 5.32 Å². The Hall–Kier alpha value is -0.620. The number of hydrogen-bond acceptors (Lipinski definition) is 4. The lowest BCUT2D eigenvalue weighted by atomic mass is 10.1. The SMILES string of the molecule is CC(C)(Nc1nc(Br)cs1)C(N)=O. The summed E-state index contributed by atoms with van der Waals surface area (Å²) >= 11 is 4.64. The molecule has 0 saturated heterocycles. The molecule has 0 aromatic carbocycles. The summed E-state index contributed by atoms with van der Waals surface area (Å²) in [5, 5.41) is 5.45. The Labute approximate surface area is 88.7 Å². The van der Waals surface area contributed by atoms with Gasteiger partial charge in [0.05, 0.1) is 0 Å². The molecular weight excluding hydrogens is 254 g/mol. The number of halogens is 1. The van der Waals surface area contributed by atoms with Gasteiger partial charge in [-0.25, -0.2) is 4.98 Å². The van der Waals surface area contributed by atoms with Gasteiger partial charge in [0.25, 0.3) is 0 Å². The molecule has 3 N–H and O–H groups in total. The fourth-order valence-electron chi connectivity index (χ4n) is 0.640. The van der Waals surface area contributed by atoms with E-state index < -0.39 is 11.4 Å². The van der Waals surface area contributed by atoms with Crippen molar-refractivity contribution >= 4 is 38.3 Å². The van der Waals surface area contributed by atoms with E-state index in [4.69, 9.17) is 5.73 Å². The minimum atomic E-state index is -0.767. The first-order valence-corrected chi connectivity index (χ1v) is 5.28. The number of hydrogen-bond donors (Lipinski definition) is 2. The largest absolute Gasteiger partial charge is 0.368 e. The third kappa shape index (κ3) is 2.67. The number of anilines is 1. The predicted octanol–water partition coefficient (Wildman–Crippen LogP) is 1.58. The van der Waals surface area contributed by atoms with Crippen molar-refractivity contribution in [2.24, 2.45) is 5.73 Å². The quantitative estimate of drug-likeness (QED) is 0.870. The van der Waals surface area contributed by atoms with Crippen molar-refractivity contribution in [3.63, 3.8) is 0 Å². The number of carbonyl (C=O) groups excluding carboxylic acids is 1. The number of rotatable bonds is 3. The third-order valence-corrected chi connectivity index (χ3v) is 2.98. The number of aromatic nitrogens is 1. The topological polar surface area (TPSA) is 68.0 Å². The number of amides is 1. The van der Waals surface area contributed by atoms with E-state index in [0.29, 0.717) is 5.13 Å². The minimum Gasteiger partial charge on any atom is -0.368 e. The molecule has 72 valence electrons. The summed E-state index contributed by atoms with van der Waals surface area (Å²) in [5.74, 6) is -0.404. The van der Waals surface area contributed by atoms with E-state index >= 15 is 0 Å². The van der Waals surface area contributed by atoms with Crippen molar-refractivity contribution in [1.29, 1.82) is 0 Å². The van der Waals surface area contributed by atoms with Gasteiger partial charge in [-0.05, 0) is 29.8 Å². The van der Waals surface area contributed by atoms with Gasteiger partial charge in [0.1, 0.15) is 10.1 Å². The molecule has 0 bridgehead atoms. The molecule has 0 spiro atoms. The highest BCUT2D eigenvalue weighted by molar-refractivity contribution is 9.10. The second-order valence-electron chi connectivity index (χ2n) is 3.09. The standard InChI is InChI=1S/C7H10BrN3OS/c1-7(2,5(9)12)11-6-10-4(8)3-13-6/h3H,1-2H3,(H2,9,12)(H,10,11). The molecule has 1 aromatic heterocycles. The smallest absolute Gasteiger partial charge is 0.242 e. The normalized spacial score (nSPS) is 11.3. The van der Waals surface area contributed by atoms with E-state index in [1.54, 1.807) is 13.8 Å². The summed E-state index contributed by atoms with van der Waals surface area (Å²) in [5.41, 5.74) is 4.42. The zero-order valence-corrected chi connectivity index (χ0v) is 9.70. The van der Waals surface area contributed by atoms with Gasteiger partial charge < -0.3 is 11.1 Å². The monoisotopic (exact) mass is 263 g/mol. The highest BCUT2D eigenvalue weighted by atomic mass is 79.9.